The van der Waals surface area contributed by atoms with Gasteiger partial charge in [-0.1, -0.05) is 30.7 Å². The number of nitrogens with one attached hydrogen (secondary N) is 1. The molecule has 0 saturated heterocycles. The minimum atomic E-state index is -0.176. The van der Waals surface area contributed by atoms with E-state index in [9.17, 15) is 4.39 Å². The van der Waals surface area contributed by atoms with Crippen molar-refractivity contribution in [1.82, 2.24) is 15.1 Å². The van der Waals surface area contributed by atoms with Gasteiger partial charge in [0.05, 0.1) is 5.69 Å². The zero-order valence-electron chi connectivity index (χ0n) is 12.9. The average Bonchev–Trinajstić information content (AvgIpc) is 2.68. The summed E-state index contributed by atoms with van der Waals surface area (Å²) < 4.78 is 15.5. The number of halogens is 2. The maximum Gasteiger partial charge on any atom is 0.130 e. The van der Waals surface area contributed by atoms with Crippen LogP contribution in [0.15, 0.2) is 18.2 Å². The van der Waals surface area contributed by atoms with Gasteiger partial charge in [-0.25, -0.2) is 4.39 Å². The van der Waals surface area contributed by atoms with E-state index in [0.717, 1.165) is 23.4 Å². The van der Waals surface area contributed by atoms with Crippen molar-refractivity contribution in [3.8, 4) is 0 Å². The Morgan fingerprint density at radius 3 is 2.62 bits per heavy atom. The number of hydrogen-bond donors (Lipinski definition) is 1. The molecule has 1 aromatic heterocycles. The second-order valence-electron chi connectivity index (χ2n) is 5.30. The van der Waals surface area contributed by atoms with Gasteiger partial charge < -0.3 is 5.32 Å². The number of benzene rings is 1. The van der Waals surface area contributed by atoms with Crippen LogP contribution >= 0.6 is 11.6 Å². The predicted molar refractivity (Wildman–Crippen MR) is 84.2 cm³/mol. The van der Waals surface area contributed by atoms with Crippen molar-refractivity contribution >= 4 is 11.6 Å². The number of nitrogens with zero attached hydrogens (tertiary/aromatic N) is 2. The maximum absolute atomic E-state index is 13.8. The number of hydrogen-bond acceptors (Lipinski definition) is 2. The molecule has 1 aromatic carbocycles. The fourth-order valence-corrected chi connectivity index (χ4v) is 2.74. The van der Waals surface area contributed by atoms with E-state index in [-0.39, 0.29) is 11.9 Å². The summed E-state index contributed by atoms with van der Waals surface area (Å²) in [5.41, 5.74) is 3.51. The first-order chi connectivity index (χ1) is 9.93. The van der Waals surface area contributed by atoms with Crippen LogP contribution < -0.4 is 5.32 Å². The van der Waals surface area contributed by atoms with Gasteiger partial charge in [0.25, 0.3) is 0 Å². The Morgan fingerprint density at radius 2 is 2.10 bits per heavy atom. The van der Waals surface area contributed by atoms with Gasteiger partial charge in [-0.05, 0) is 44.0 Å². The summed E-state index contributed by atoms with van der Waals surface area (Å²) in [5.74, 6) is -0.176. The van der Waals surface area contributed by atoms with Crippen LogP contribution in [0.1, 0.15) is 35.3 Å². The number of aryl methyl sites for hydroxylation is 3. The first-order valence-electron chi connectivity index (χ1n) is 7.11. The molecule has 0 aliphatic carbocycles. The summed E-state index contributed by atoms with van der Waals surface area (Å²) in [5, 5.41) is 8.37. The monoisotopic (exact) mass is 309 g/mol. The molecular weight excluding hydrogens is 289 g/mol. The Kier molecular flexibility index (Phi) is 5.01. The first-order valence-corrected chi connectivity index (χ1v) is 7.49. The standard InChI is InChI=1S/C16H21ClFN3/c1-5-19-15(12-7-6-10(2)14(18)8-12)9-13-11(3)20-21(4)16(13)17/h6-8,15,19H,5,9H2,1-4H3. The number of likely N-dealkylation sites (N-methyl/N-ethyl adjacent to an activating group) is 1. The van der Waals surface area contributed by atoms with Crippen LogP contribution in [0.3, 0.4) is 0 Å². The zero-order chi connectivity index (χ0) is 15.6. The van der Waals surface area contributed by atoms with E-state index in [1.54, 1.807) is 17.7 Å². The van der Waals surface area contributed by atoms with Crippen molar-refractivity contribution in [2.75, 3.05) is 6.54 Å². The Bertz CT molecular complexity index is 637. The summed E-state index contributed by atoms with van der Waals surface area (Å²) in [7, 11) is 1.83. The Hall–Kier alpha value is -1.39. The molecule has 1 N–H and O–H groups in total. The highest BCUT2D eigenvalue weighted by atomic mass is 35.5. The number of aromatic nitrogens is 2. The summed E-state index contributed by atoms with van der Waals surface area (Å²) >= 11 is 6.30. The molecule has 0 aliphatic heterocycles. The molecule has 3 nitrogen and oxygen atoms in total. The molecule has 5 heteroatoms. The highest BCUT2D eigenvalue weighted by Crippen LogP contribution is 2.26. The Morgan fingerprint density at radius 1 is 1.38 bits per heavy atom. The van der Waals surface area contributed by atoms with Gasteiger partial charge in [0.15, 0.2) is 0 Å². The second-order valence-corrected chi connectivity index (χ2v) is 5.66. The third-order valence-electron chi connectivity index (χ3n) is 3.73. The fourth-order valence-electron chi connectivity index (χ4n) is 2.49. The van der Waals surface area contributed by atoms with E-state index >= 15 is 0 Å². The fraction of sp³-hybridized carbons (Fsp3) is 0.438. The third-order valence-corrected chi connectivity index (χ3v) is 4.20. The first kappa shape index (κ1) is 16.0. The second kappa shape index (κ2) is 6.58. The van der Waals surface area contributed by atoms with Crippen molar-refractivity contribution in [3.63, 3.8) is 0 Å². The van der Waals surface area contributed by atoms with Crippen molar-refractivity contribution in [3.05, 3.63) is 51.6 Å². The lowest BCUT2D eigenvalue weighted by molar-refractivity contribution is 0.540. The summed E-state index contributed by atoms with van der Waals surface area (Å²) in [6.45, 7) is 6.55. The van der Waals surface area contributed by atoms with Crippen LogP contribution in [-0.4, -0.2) is 16.3 Å². The van der Waals surface area contributed by atoms with E-state index in [1.165, 1.54) is 0 Å². The molecule has 2 aromatic rings. The quantitative estimate of drug-likeness (QED) is 0.912. The molecule has 114 valence electrons. The zero-order valence-corrected chi connectivity index (χ0v) is 13.6. The normalized spacial score (nSPS) is 12.7. The van der Waals surface area contributed by atoms with E-state index in [0.29, 0.717) is 17.1 Å². The van der Waals surface area contributed by atoms with Crippen LogP contribution in [0.4, 0.5) is 4.39 Å². The summed E-state index contributed by atoms with van der Waals surface area (Å²) in [6, 6.07) is 5.39. The van der Waals surface area contributed by atoms with Crippen LogP contribution in [-0.2, 0) is 13.5 Å². The van der Waals surface area contributed by atoms with Crippen LogP contribution in [0.2, 0.25) is 5.15 Å². The van der Waals surface area contributed by atoms with Gasteiger partial charge in [-0.3, -0.25) is 4.68 Å². The Labute approximate surface area is 130 Å². The summed E-state index contributed by atoms with van der Waals surface area (Å²) in [4.78, 5) is 0. The van der Waals surface area contributed by atoms with Gasteiger partial charge >= 0.3 is 0 Å². The molecule has 1 atom stereocenters. The molecule has 1 unspecified atom stereocenters. The molecule has 0 spiro atoms. The minimum Gasteiger partial charge on any atom is -0.310 e. The third kappa shape index (κ3) is 3.44. The molecule has 0 bridgehead atoms. The van der Waals surface area contributed by atoms with Crippen LogP contribution in [0.25, 0.3) is 0 Å². The molecule has 1 heterocycles. The lowest BCUT2D eigenvalue weighted by Crippen LogP contribution is -2.23. The highest BCUT2D eigenvalue weighted by Gasteiger charge is 2.18. The molecular formula is C16H21ClFN3. The molecule has 0 aliphatic rings. The molecule has 0 fully saturated rings. The predicted octanol–water partition coefficient (Wildman–Crippen LogP) is 3.72. The van der Waals surface area contributed by atoms with Gasteiger partial charge in [-0.2, -0.15) is 5.10 Å². The van der Waals surface area contributed by atoms with E-state index < -0.39 is 0 Å². The van der Waals surface area contributed by atoms with E-state index in [4.69, 9.17) is 11.6 Å². The van der Waals surface area contributed by atoms with Crippen molar-refractivity contribution in [2.45, 2.75) is 33.2 Å². The van der Waals surface area contributed by atoms with Gasteiger partial charge in [0, 0.05) is 18.7 Å². The van der Waals surface area contributed by atoms with E-state index in [2.05, 4.69) is 10.4 Å². The molecule has 21 heavy (non-hydrogen) atoms. The Balaban J connectivity index is 2.32. The molecule has 0 saturated carbocycles. The van der Waals surface area contributed by atoms with Crippen LogP contribution in [0, 0.1) is 19.7 Å². The molecule has 2 rings (SSSR count). The lowest BCUT2D eigenvalue weighted by Gasteiger charge is -2.19. The largest absolute Gasteiger partial charge is 0.310 e. The van der Waals surface area contributed by atoms with Crippen molar-refractivity contribution < 1.29 is 4.39 Å². The lowest BCUT2D eigenvalue weighted by atomic mass is 9.98. The van der Waals surface area contributed by atoms with E-state index in [1.807, 2.05) is 33.0 Å². The van der Waals surface area contributed by atoms with Crippen LogP contribution in [0.5, 0.6) is 0 Å². The van der Waals surface area contributed by atoms with Gasteiger partial charge in [0.1, 0.15) is 11.0 Å². The minimum absolute atomic E-state index is 0.0190. The smallest absolute Gasteiger partial charge is 0.130 e. The molecule has 0 radical (unpaired) electrons. The maximum atomic E-state index is 13.8. The van der Waals surface area contributed by atoms with Crippen molar-refractivity contribution in [1.29, 1.82) is 0 Å². The topological polar surface area (TPSA) is 29.9 Å². The molecule has 0 amide bonds. The van der Waals surface area contributed by atoms with Gasteiger partial charge in [0.2, 0.25) is 0 Å². The summed E-state index contributed by atoms with van der Waals surface area (Å²) in [6.07, 6.45) is 0.689. The highest BCUT2D eigenvalue weighted by molar-refractivity contribution is 6.30. The SMILES string of the molecule is CCNC(Cc1c(C)nn(C)c1Cl)c1ccc(C)c(F)c1. The average molecular weight is 310 g/mol. The van der Waals surface area contributed by atoms with Crippen molar-refractivity contribution in [2.24, 2.45) is 7.05 Å². The number of rotatable bonds is 5. The van der Waals surface area contributed by atoms with Gasteiger partial charge in [-0.15, -0.1) is 0 Å².